The SMILES string of the molecule is O=C(C1CCC(Nc2ccc(Cl)cc2)CC1)N1CCN(C2CCCC2)CC1. The normalized spacial score (nSPS) is 27.7. The van der Waals surface area contributed by atoms with Gasteiger partial charge in [0.25, 0.3) is 0 Å². The number of nitrogens with zero attached hydrogens (tertiary/aromatic N) is 2. The number of carbonyl (C=O) groups excluding carboxylic acids is 1. The molecule has 1 heterocycles. The predicted molar refractivity (Wildman–Crippen MR) is 111 cm³/mol. The zero-order valence-electron chi connectivity index (χ0n) is 16.2. The molecule has 1 N–H and O–H groups in total. The first-order valence-corrected chi connectivity index (χ1v) is 11.1. The summed E-state index contributed by atoms with van der Waals surface area (Å²) < 4.78 is 0. The molecule has 3 fully saturated rings. The molecular formula is C22H32ClN3O. The summed E-state index contributed by atoms with van der Waals surface area (Å²) in [6.07, 6.45) is 9.65. The van der Waals surface area contributed by atoms with Gasteiger partial charge in [-0.25, -0.2) is 0 Å². The van der Waals surface area contributed by atoms with Crippen molar-refractivity contribution in [2.24, 2.45) is 5.92 Å². The minimum atomic E-state index is 0.228. The molecule has 0 spiro atoms. The number of piperazine rings is 1. The largest absolute Gasteiger partial charge is 0.382 e. The average molecular weight is 390 g/mol. The molecule has 27 heavy (non-hydrogen) atoms. The van der Waals surface area contributed by atoms with E-state index in [0.29, 0.717) is 11.9 Å². The van der Waals surface area contributed by atoms with E-state index in [4.69, 9.17) is 11.6 Å². The number of halogens is 1. The lowest BCUT2D eigenvalue weighted by atomic mass is 9.85. The van der Waals surface area contributed by atoms with Crippen molar-refractivity contribution < 1.29 is 4.79 Å². The molecule has 0 bridgehead atoms. The van der Waals surface area contributed by atoms with E-state index in [1.165, 1.54) is 25.7 Å². The molecule has 3 aliphatic rings. The fourth-order valence-corrected chi connectivity index (χ4v) is 5.23. The van der Waals surface area contributed by atoms with Crippen molar-refractivity contribution in [3.8, 4) is 0 Å². The second kappa shape index (κ2) is 8.83. The van der Waals surface area contributed by atoms with Gasteiger partial charge < -0.3 is 10.2 Å². The first-order chi connectivity index (χ1) is 13.2. The Morgan fingerprint density at radius 3 is 2.15 bits per heavy atom. The Kier molecular flexibility index (Phi) is 6.24. The molecule has 1 aromatic carbocycles. The van der Waals surface area contributed by atoms with Gasteiger partial charge in [0.1, 0.15) is 0 Å². The standard InChI is InChI=1S/C22H32ClN3O/c23-18-7-11-20(12-8-18)24-19-9-5-17(6-10-19)22(27)26-15-13-25(14-16-26)21-3-1-2-4-21/h7-8,11-12,17,19,21,24H,1-6,9-10,13-16H2. The molecule has 5 heteroatoms. The van der Waals surface area contributed by atoms with Crippen LogP contribution in [0.4, 0.5) is 5.69 Å². The Balaban J connectivity index is 1.21. The molecule has 2 aliphatic carbocycles. The smallest absolute Gasteiger partial charge is 0.225 e. The van der Waals surface area contributed by atoms with Crippen LogP contribution < -0.4 is 5.32 Å². The van der Waals surface area contributed by atoms with Crippen molar-refractivity contribution >= 4 is 23.2 Å². The Hall–Kier alpha value is -1.26. The lowest BCUT2D eigenvalue weighted by molar-refractivity contribution is -0.138. The van der Waals surface area contributed by atoms with Gasteiger partial charge in [0.2, 0.25) is 5.91 Å². The van der Waals surface area contributed by atoms with E-state index in [9.17, 15) is 4.79 Å². The number of nitrogens with one attached hydrogen (secondary N) is 1. The molecule has 4 rings (SSSR count). The Labute approximate surface area is 168 Å². The molecule has 0 unspecified atom stereocenters. The van der Waals surface area contributed by atoms with Crippen molar-refractivity contribution in [1.29, 1.82) is 0 Å². The van der Waals surface area contributed by atoms with Crippen LogP contribution in [0.15, 0.2) is 24.3 Å². The van der Waals surface area contributed by atoms with Gasteiger partial charge in [0.05, 0.1) is 0 Å². The van der Waals surface area contributed by atoms with E-state index in [2.05, 4.69) is 15.1 Å². The topological polar surface area (TPSA) is 35.6 Å². The van der Waals surface area contributed by atoms with Crippen molar-refractivity contribution in [3.05, 3.63) is 29.3 Å². The monoisotopic (exact) mass is 389 g/mol. The summed E-state index contributed by atoms with van der Waals surface area (Å²) >= 11 is 5.96. The summed E-state index contributed by atoms with van der Waals surface area (Å²) in [7, 11) is 0. The summed E-state index contributed by atoms with van der Waals surface area (Å²) in [5.41, 5.74) is 1.12. The van der Waals surface area contributed by atoms with Gasteiger partial charge >= 0.3 is 0 Å². The fourth-order valence-electron chi connectivity index (χ4n) is 5.10. The van der Waals surface area contributed by atoms with Crippen molar-refractivity contribution in [3.63, 3.8) is 0 Å². The molecule has 1 amide bonds. The van der Waals surface area contributed by atoms with Gasteiger partial charge in [0, 0.05) is 54.9 Å². The van der Waals surface area contributed by atoms with Crippen LogP contribution in [-0.4, -0.2) is 54.0 Å². The van der Waals surface area contributed by atoms with Crippen LogP contribution in [0.5, 0.6) is 0 Å². The Bertz CT molecular complexity index is 613. The van der Waals surface area contributed by atoms with E-state index in [-0.39, 0.29) is 5.92 Å². The number of anilines is 1. The maximum atomic E-state index is 13.0. The number of benzene rings is 1. The van der Waals surface area contributed by atoms with E-state index in [0.717, 1.165) is 68.6 Å². The summed E-state index contributed by atoms with van der Waals surface area (Å²) in [6.45, 7) is 4.00. The number of rotatable bonds is 4. The number of hydrogen-bond donors (Lipinski definition) is 1. The first-order valence-electron chi connectivity index (χ1n) is 10.7. The Morgan fingerprint density at radius 2 is 1.52 bits per heavy atom. The van der Waals surface area contributed by atoms with Crippen LogP contribution in [0.25, 0.3) is 0 Å². The van der Waals surface area contributed by atoms with Crippen molar-refractivity contribution in [2.75, 3.05) is 31.5 Å². The molecular weight excluding hydrogens is 358 g/mol. The van der Waals surface area contributed by atoms with E-state index in [1.807, 2.05) is 24.3 Å². The zero-order valence-corrected chi connectivity index (χ0v) is 17.0. The highest BCUT2D eigenvalue weighted by Crippen LogP contribution is 2.29. The van der Waals surface area contributed by atoms with Gasteiger partial charge in [-0.15, -0.1) is 0 Å². The van der Waals surface area contributed by atoms with Crippen LogP contribution in [0.3, 0.4) is 0 Å². The molecule has 0 atom stereocenters. The Morgan fingerprint density at radius 1 is 0.889 bits per heavy atom. The quantitative estimate of drug-likeness (QED) is 0.829. The van der Waals surface area contributed by atoms with Gasteiger partial charge in [-0.3, -0.25) is 9.69 Å². The summed E-state index contributed by atoms with van der Waals surface area (Å²) in [6, 6.07) is 9.16. The lowest BCUT2D eigenvalue weighted by Crippen LogP contribution is -2.53. The molecule has 2 saturated carbocycles. The summed E-state index contributed by atoms with van der Waals surface area (Å²) in [4.78, 5) is 17.7. The fraction of sp³-hybridized carbons (Fsp3) is 0.682. The highest BCUT2D eigenvalue weighted by molar-refractivity contribution is 6.30. The summed E-state index contributed by atoms with van der Waals surface area (Å²) in [5, 5.41) is 4.36. The number of amides is 1. The van der Waals surface area contributed by atoms with E-state index in [1.54, 1.807) is 0 Å². The van der Waals surface area contributed by atoms with Gasteiger partial charge in [-0.05, 0) is 62.8 Å². The minimum absolute atomic E-state index is 0.228. The second-order valence-electron chi connectivity index (χ2n) is 8.50. The molecule has 0 radical (unpaired) electrons. The van der Waals surface area contributed by atoms with Crippen molar-refractivity contribution in [2.45, 2.75) is 63.5 Å². The second-order valence-corrected chi connectivity index (χ2v) is 8.94. The van der Waals surface area contributed by atoms with Crippen LogP contribution in [-0.2, 0) is 4.79 Å². The molecule has 148 valence electrons. The maximum Gasteiger partial charge on any atom is 0.225 e. The van der Waals surface area contributed by atoms with Gasteiger partial charge in [0.15, 0.2) is 0 Å². The molecule has 1 aliphatic heterocycles. The third-order valence-corrected chi connectivity index (χ3v) is 7.01. The lowest BCUT2D eigenvalue weighted by Gasteiger charge is -2.40. The highest BCUT2D eigenvalue weighted by atomic mass is 35.5. The van der Waals surface area contributed by atoms with Crippen LogP contribution >= 0.6 is 11.6 Å². The maximum absolute atomic E-state index is 13.0. The van der Waals surface area contributed by atoms with Crippen LogP contribution in [0.2, 0.25) is 5.02 Å². The highest BCUT2D eigenvalue weighted by Gasteiger charge is 2.32. The first kappa shape index (κ1) is 19.1. The van der Waals surface area contributed by atoms with Gasteiger partial charge in [-0.1, -0.05) is 24.4 Å². The zero-order chi connectivity index (χ0) is 18.6. The van der Waals surface area contributed by atoms with Crippen molar-refractivity contribution in [1.82, 2.24) is 9.80 Å². The number of hydrogen-bond acceptors (Lipinski definition) is 3. The number of carbonyl (C=O) groups is 1. The minimum Gasteiger partial charge on any atom is -0.382 e. The molecule has 1 saturated heterocycles. The molecule has 0 aromatic heterocycles. The molecule has 1 aromatic rings. The van der Waals surface area contributed by atoms with Crippen LogP contribution in [0, 0.1) is 5.92 Å². The third-order valence-electron chi connectivity index (χ3n) is 6.76. The van der Waals surface area contributed by atoms with E-state index < -0.39 is 0 Å². The van der Waals surface area contributed by atoms with Gasteiger partial charge in [-0.2, -0.15) is 0 Å². The third kappa shape index (κ3) is 4.78. The van der Waals surface area contributed by atoms with Crippen LogP contribution in [0.1, 0.15) is 51.4 Å². The average Bonchev–Trinajstić information content (AvgIpc) is 3.25. The summed E-state index contributed by atoms with van der Waals surface area (Å²) in [5.74, 6) is 0.636. The van der Waals surface area contributed by atoms with E-state index >= 15 is 0 Å². The predicted octanol–water partition coefficient (Wildman–Crippen LogP) is 4.40. The molecule has 4 nitrogen and oxygen atoms in total.